The summed E-state index contributed by atoms with van der Waals surface area (Å²) < 4.78 is 87.8. The first kappa shape index (κ1) is 21.3. The first-order valence-corrected chi connectivity index (χ1v) is 8.25. The van der Waals surface area contributed by atoms with E-state index in [1.165, 1.54) is 18.2 Å². The van der Waals surface area contributed by atoms with Gasteiger partial charge in [0, 0.05) is 11.3 Å². The highest BCUT2D eigenvalue weighted by atomic mass is 19.4. The first-order valence-electron chi connectivity index (χ1n) is 8.25. The van der Waals surface area contributed by atoms with Gasteiger partial charge in [0.25, 0.3) is 5.91 Å². The molecule has 0 atom stereocenters. The molecule has 2 aromatic carbocycles. The number of benzene rings is 2. The van der Waals surface area contributed by atoms with Gasteiger partial charge in [0.05, 0.1) is 11.1 Å². The summed E-state index contributed by atoms with van der Waals surface area (Å²) in [7, 11) is 0. The predicted molar refractivity (Wildman–Crippen MR) is 90.4 cm³/mol. The van der Waals surface area contributed by atoms with E-state index in [0.29, 0.717) is 18.4 Å². The minimum atomic E-state index is -5.31. The quantitative estimate of drug-likeness (QED) is 0.685. The van der Waals surface area contributed by atoms with Crippen LogP contribution in [0, 0.1) is 0 Å². The third-order valence-electron chi connectivity index (χ3n) is 3.92. The number of carbonyl (C=O) groups is 2. The number of hydrogen-bond acceptors (Lipinski definition) is 4. The molecule has 160 valence electrons. The number of urea groups is 1. The van der Waals surface area contributed by atoms with Crippen LogP contribution in [0.5, 0.6) is 11.5 Å². The van der Waals surface area contributed by atoms with Crippen LogP contribution in [0.4, 0.5) is 36.8 Å². The van der Waals surface area contributed by atoms with Crippen molar-refractivity contribution in [3.8, 4) is 11.5 Å². The van der Waals surface area contributed by atoms with Crippen LogP contribution in [0.2, 0.25) is 0 Å². The number of anilines is 1. The maximum Gasteiger partial charge on any atom is 0.417 e. The molecule has 0 unspecified atom stereocenters. The van der Waals surface area contributed by atoms with Crippen molar-refractivity contribution in [2.24, 2.45) is 0 Å². The van der Waals surface area contributed by atoms with E-state index < -0.39 is 41.1 Å². The average Bonchev–Trinajstić information content (AvgIpc) is 2.66. The van der Waals surface area contributed by atoms with Gasteiger partial charge in [-0.2, -0.15) is 26.3 Å². The Balaban J connectivity index is 1.74. The molecule has 2 aromatic rings. The average molecular weight is 434 g/mol. The Kier molecular flexibility index (Phi) is 5.51. The molecule has 0 aliphatic carbocycles. The highest BCUT2D eigenvalue weighted by molar-refractivity contribution is 6.08. The van der Waals surface area contributed by atoms with Crippen molar-refractivity contribution in [1.82, 2.24) is 5.32 Å². The molecular formula is C18H12F6N2O4. The summed E-state index contributed by atoms with van der Waals surface area (Å²) in [6.07, 6.45) is -10.5. The Bertz CT molecular complexity index is 988. The van der Waals surface area contributed by atoms with Gasteiger partial charge in [0.2, 0.25) is 0 Å². The number of ether oxygens (including phenoxy) is 2. The summed E-state index contributed by atoms with van der Waals surface area (Å²) in [6, 6.07) is 3.81. The van der Waals surface area contributed by atoms with Crippen LogP contribution >= 0.6 is 0 Å². The van der Waals surface area contributed by atoms with Gasteiger partial charge in [-0.05, 0) is 36.4 Å². The van der Waals surface area contributed by atoms with E-state index in [2.05, 4.69) is 0 Å². The Morgan fingerprint density at radius 3 is 2.07 bits per heavy atom. The molecule has 0 aromatic heterocycles. The lowest BCUT2D eigenvalue weighted by Crippen LogP contribution is -2.34. The van der Waals surface area contributed by atoms with Crippen LogP contribution in [0.3, 0.4) is 0 Å². The molecule has 1 heterocycles. The third-order valence-corrected chi connectivity index (χ3v) is 3.92. The van der Waals surface area contributed by atoms with E-state index in [1.54, 1.807) is 0 Å². The molecule has 0 bridgehead atoms. The molecule has 0 saturated carbocycles. The number of carbonyl (C=O) groups excluding carboxylic acids is 2. The van der Waals surface area contributed by atoms with Gasteiger partial charge in [0.15, 0.2) is 11.5 Å². The van der Waals surface area contributed by atoms with Crippen molar-refractivity contribution in [1.29, 1.82) is 0 Å². The molecule has 2 N–H and O–H groups in total. The van der Waals surface area contributed by atoms with Gasteiger partial charge in [0.1, 0.15) is 13.2 Å². The molecule has 0 radical (unpaired) electrons. The number of hydrogen-bond donors (Lipinski definition) is 2. The molecule has 3 amide bonds. The second kappa shape index (κ2) is 7.76. The highest BCUT2D eigenvalue weighted by Gasteiger charge is 2.43. The van der Waals surface area contributed by atoms with Crippen molar-refractivity contribution in [2.45, 2.75) is 12.4 Å². The lowest BCUT2D eigenvalue weighted by molar-refractivity contribution is -0.162. The SMILES string of the molecule is O=C(NC(=O)c1ccc2c(c1)OCCO2)Nc1ccc(C(F)(F)F)c(C(F)(F)F)c1. The van der Waals surface area contributed by atoms with Crippen LogP contribution in [-0.2, 0) is 12.4 Å². The van der Waals surface area contributed by atoms with Gasteiger partial charge in [-0.3, -0.25) is 10.1 Å². The number of alkyl halides is 6. The highest BCUT2D eigenvalue weighted by Crippen LogP contribution is 2.41. The fraction of sp³-hybridized carbons (Fsp3) is 0.222. The first-order chi connectivity index (χ1) is 13.9. The summed E-state index contributed by atoms with van der Waals surface area (Å²) in [5.41, 5.74) is -4.44. The molecule has 30 heavy (non-hydrogen) atoms. The number of halogens is 6. The van der Waals surface area contributed by atoms with Crippen molar-refractivity contribution < 1.29 is 45.4 Å². The number of rotatable bonds is 2. The third kappa shape index (κ3) is 4.75. The Morgan fingerprint density at radius 1 is 0.800 bits per heavy atom. The maximum absolute atomic E-state index is 13.0. The molecule has 1 aliphatic heterocycles. The van der Waals surface area contributed by atoms with Gasteiger partial charge >= 0.3 is 18.4 Å². The largest absolute Gasteiger partial charge is 0.486 e. The van der Waals surface area contributed by atoms with Gasteiger partial charge in [-0.15, -0.1) is 0 Å². The maximum atomic E-state index is 13.0. The van der Waals surface area contributed by atoms with E-state index >= 15 is 0 Å². The molecular weight excluding hydrogens is 422 g/mol. The second-order valence-corrected chi connectivity index (χ2v) is 6.02. The summed E-state index contributed by atoms with van der Waals surface area (Å²) in [4.78, 5) is 24.1. The van der Waals surface area contributed by atoms with E-state index in [0.717, 1.165) is 0 Å². The monoisotopic (exact) mass is 434 g/mol. The van der Waals surface area contributed by atoms with Crippen LogP contribution in [0.15, 0.2) is 36.4 Å². The van der Waals surface area contributed by atoms with Crippen LogP contribution in [0.1, 0.15) is 21.5 Å². The molecule has 1 aliphatic rings. The topological polar surface area (TPSA) is 76.7 Å². The fourth-order valence-electron chi connectivity index (χ4n) is 2.63. The summed E-state index contributed by atoms with van der Waals surface area (Å²) in [5, 5.41) is 3.77. The molecule has 3 rings (SSSR count). The lowest BCUT2D eigenvalue weighted by atomic mass is 10.1. The van der Waals surface area contributed by atoms with Crippen LogP contribution in [-0.4, -0.2) is 25.2 Å². The molecule has 0 spiro atoms. The molecule has 6 nitrogen and oxygen atoms in total. The lowest BCUT2D eigenvalue weighted by Gasteiger charge is -2.18. The Labute approximate surface area is 164 Å². The van der Waals surface area contributed by atoms with Crippen molar-refractivity contribution in [2.75, 3.05) is 18.5 Å². The Morgan fingerprint density at radius 2 is 1.43 bits per heavy atom. The van der Waals surface area contributed by atoms with Crippen molar-refractivity contribution in [3.63, 3.8) is 0 Å². The van der Waals surface area contributed by atoms with E-state index in [9.17, 15) is 35.9 Å². The van der Waals surface area contributed by atoms with Gasteiger partial charge in [-0.25, -0.2) is 4.79 Å². The normalized spacial score (nSPS) is 13.5. The second-order valence-electron chi connectivity index (χ2n) is 6.02. The van der Waals surface area contributed by atoms with Gasteiger partial charge < -0.3 is 14.8 Å². The molecule has 12 heteroatoms. The minimum absolute atomic E-state index is 0.00204. The summed E-state index contributed by atoms with van der Waals surface area (Å²) in [6.45, 7) is 0.585. The summed E-state index contributed by atoms with van der Waals surface area (Å²) >= 11 is 0. The predicted octanol–water partition coefficient (Wildman–Crippen LogP) is 4.46. The van der Waals surface area contributed by atoms with Crippen LogP contribution < -0.4 is 20.1 Å². The number of nitrogens with one attached hydrogen (secondary N) is 2. The standard InChI is InChI=1S/C18H12F6N2O4/c19-17(20,21)11-3-2-10(8-12(11)18(22,23)24)25-16(28)26-15(27)9-1-4-13-14(7-9)30-6-5-29-13/h1-4,7-8H,5-6H2,(H2,25,26,27,28). The van der Waals surface area contributed by atoms with Crippen molar-refractivity contribution >= 4 is 17.6 Å². The Hall–Kier alpha value is -3.44. The van der Waals surface area contributed by atoms with Crippen LogP contribution in [0.25, 0.3) is 0 Å². The zero-order valence-electron chi connectivity index (χ0n) is 14.8. The van der Waals surface area contributed by atoms with Crippen molar-refractivity contribution in [3.05, 3.63) is 53.1 Å². The zero-order valence-corrected chi connectivity index (χ0v) is 14.8. The number of amides is 3. The molecule has 0 saturated heterocycles. The number of fused-ring (bicyclic) bond motifs is 1. The summed E-state index contributed by atoms with van der Waals surface area (Å²) in [5.74, 6) is -0.244. The fourth-order valence-corrected chi connectivity index (χ4v) is 2.63. The smallest absolute Gasteiger partial charge is 0.417 e. The van der Waals surface area contributed by atoms with E-state index in [-0.39, 0.29) is 30.1 Å². The zero-order chi connectivity index (χ0) is 22.1. The van der Waals surface area contributed by atoms with E-state index in [1.807, 2.05) is 10.6 Å². The minimum Gasteiger partial charge on any atom is -0.486 e. The number of imide groups is 1. The van der Waals surface area contributed by atoms with E-state index in [4.69, 9.17) is 9.47 Å². The van der Waals surface area contributed by atoms with Gasteiger partial charge in [-0.1, -0.05) is 0 Å². The molecule has 0 fully saturated rings.